The number of anilines is 1. The number of halogens is 1. The fraction of sp³-hybridized carbons (Fsp3) is 0.263. The lowest BCUT2D eigenvalue weighted by molar-refractivity contribution is -0.116. The van der Waals surface area contributed by atoms with E-state index in [1.54, 1.807) is 4.90 Å². The number of benzene rings is 2. The number of hydrogen-bond acceptors (Lipinski definition) is 3. The summed E-state index contributed by atoms with van der Waals surface area (Å²) in [6, 6.07) is 13.4. The first kappa shape index (κ1) is 16.5. The van der Waals surface area contributed by atoms with Gasteiger partial charge in [-0.25, -0.2) is 0 Å². The zero-order chi connectivity index (χ0) is 17.4. The lowest BCUT2D eigenvalue weighted by Gasteiger charge is -2.29. The topological polar surface area (TPSA) is 49.4 Å². The van der Waals surface area contributed by atoms with E-state index in [1.807, 2.05) is 42.5 Å². The molecule has 2 amide bonds. The highest BCUT2D eigenvalue weighted by Gasteiger charge is 2.28. The average Bonchev–Trinajstić information content (AvgIpc) is 3.42. The van der Waals surface area contributed by atoms with Crippen LogP contribution in [0.4, 0.5) is 5.69 Å². The average molecular weight is 373 g/mol. The predicted octanol–water partition coefficient (Wildman–Crippen LogP) is 3.87. The van der Waals surface area contributed by atoms with E-state index in [9.17, 15) is 9.59 Å². The van der Waals surface area contributed by atoms with Gasteiger partial charge in [0.05, 0.1) is 18.0 Å². The Hall–Kier alpha value is -1.98. The van der Waals surface area contributed by atoms with Gasteiger partial charge < -0.3 is 10.2 Å². The quantitative estimate of drug-likeness (QED) is 0.886. The van der Waals surface area contributed by atoms with Crippen molar-refractivity contribution in [2.24, 2.45) is 0 Å². The normalized spacial score (nSPS) is 16.5. The maximum atomic E-state index is 12.5. The summed E-state index contributed by atoms with van der Waals surface area (Å²) in [7, 11) is 0. The molecule has 0 unspecified atom stereocenters. The van der Waals surface area contributed by atoms with Gasteiger partial charge in [0.2, 0.25) is 5.91 Å². The molecular weight excluding hydrogens is 356 g/mol. The summed E-state index contributed by atoms with van der Waals surface area (Å²) in [4.78, 5) is 27.6. The van der Waals surface area contributed by atoms with Gasteiger partial charge in [0.15, 0.2) is 0 Å². The molecule has 0 atom stereocenters. The second-order valence-electron chi connectivity index (χ2n) is 6.29. The van der Waals surface area contributed by atoms with Gasteiger partial charge in [0.25, 0.3) is 5.91 Å². The molecule has 1 aliphatic carbocycles. The summed E-state index contributed by atoms with van der Waals surface area (Å²) in [6.45, 7) is 0.403. The molecule has 25 heavy (non-hydrogen) atoms. The van der Waals surface area contributed by atoms with Crippen molar-refractivity contribution < 1.29 is 9.59 Å². The van der Waals surface area contributed by atoms with Crippen molar-refractivity contribution in [1.82, 2.24) is 5.32 Å². The Morgan fingerprint density at radius 2 is 2.04 bits per heavy atom. The van der Waals surface area contributed by atoms with Gasteiger partial charge >= 0.3 is 0 Å². The number of carbonyl (C=O) groups is 2. The number of fused-ring (bicyclic) bond motifs is 1. The summed E-state index contributed by atoms with van der Waals surface area (Å²) >= 11 is 7.76. The van der Waals surface area contributed by atoms with Gasteiger partial charge in [0.1, 0.15) is 0 Å². The van der Waals surface area contributed by atoms with Gasteiger partial charge in [-0.3, -0.25) is 9.59 Å². The highest BCUT2D eigenvalue weighted by molar-refractivity contribution is 8.00. The Bertz CT molecular complexity index is 851. The number of carbonyl (C=O) groups excluding carboxylic acids is 2. The molecule has 4 rings (SSSR count). The zero-order valence-corrected chi connectivity index (χ0v) is 15.1. The molecule has 2 aromatic rings. The van der Waals surface area contributed by atoms with Crippen LogP contribution < -0.4 is 10.2 Å². The van der Waals surface area contributed by atoms with Crippen LogP contribution in [-0.2, 0) is 11.3 Å². The van der Waals surface area contributed by atoms with Crippen LogP contribution in [0.2, 0.25) is 5.02 Å². The highest BCUT2D eigenvalue weighted by atomic mass is 35.5. The SMILES string of the molecule is O=C(NC1CC1)c1ccc2c(c1)N(Cc1ccccc1Cl)C(=O)CS2. The van der Waals surface area contributed by atoms with Crippen LogP contribution in [0.3, 0.4) is 0 Å². The monoisotopic (exact) mass is 372 g/mol. The minimum absolute atomic E-state index is 0.0252. The number of hydrogen-bond donors (Lipinski definition) is 1. The van der Waals surface area contributed by atoms with Crippen LogP contribution in [0.25, 0.3) is 0 Å². The van der Waals surface area contributed by atoms with E-state index in [0.29, 0.717) is 28.9 Å². The van der Waals surface area contributed by atoms with Crippen molar-refractivity contribution >= 4 is 40.9 Å². The Balaban J connectivity index is 1.65. The lowest BCUT2D eigenvalue weighted by atomic mass is 10.1. The van der Waals surface area contributed by atoms with E-state index in [4.69, 9.17) is 11.6 Å². The number of thioether (sulfide) groups is 1. The summed E-state index contributed by atoms with van der Waals surface area (Å²) < 4.78 is 0. The molecule has 0 spiro atoms. The fourth-order valence-electron chi connectivity index (χ4n) is 2.81. The molecule has 1 heterocycles. The van der Waals surface area contributed by atoms with Crippen LogP contribution in [0, 0.1) is 0 Å². The molecule has 128 valence electrons. The third-order valence-corrected chi connectivity index (χ3v) is 5.78. The molecule has 0 saturated heterocycles. The van der Waals surface area contributed by atoms with Crippen LogP contribution in [0.15, 0.2) is 47.4 Å². The van der Waals surface area contributed by atoms with Gasteiger partial charge in [-0.2, -0.15) is 0 Å². The largest absolute Gasteiger partial charge is 0.349 e. The Labute approximate surface area is 155 Å². The van der Waals surface area contributed by atoms with Crippen molar-refractivity contribution in [2.75, 3.05) is 10.7 Å². The standard InChI is InChI=1S/C19H17ClN2O2S/c20-15-4-2-1-3-13(15)10-22-16-9-12(19(24)21-14-6-7-14)5-8-17(16)25-11-18(22)23/h1-5,8-9,14H,6-7,10-11H2,(H,21,24). The van der Waals surface area contributed by atoms with E-state index in [0.717, 1.165) is 29.0 Å². The maximum absolute atomic E-state index is 12.5. The predicted molar refractivity (Wildman–Crippen MR) is 100 cm³/mol. The van der Waals surface area contributed by atoms with Crippen molar-refractivity contribution in [3.05, 3.63) is 58.6 Å². The molecule has 2 aromatic carbocycles. The van der Waals surface area contributed by atoms with Gasteiger partial charge in [-0.15, -0.1) is 11.8 Å². The maximum Gasteiger partial charge on any atom is 0.251 e. The molecule has 1 aliphatic heterocycles. The summed E-state index contributed by atoms with van der Waals surface area (Å²) in [5.41, 5.74) is 2.26. The minimum Gasteiger partial charge on any atom is -0.349 e. The van der Waals surface area contributed by atoms with Crippen molar-refractivity contribution in [2.45, 2.75) is 30.3 Å². The van der Waals surface area contributed by atoms with E-state index in [2.05, 4.69) is 5.32 Å². The van der Waals surface area contributed by atoms with Crippen LogP contribution in [0.1, 0.15) is 28.8 Å². The van der Waals surface area contributed by atoms with E-state index in [-0.39, 0.29) is 11.8 Å². The molecular formula is C19H17ClN2O2S. The zero-order valence-electron chi connectivity index (χ0n) is 13.5. The molecule has 0 bridgehead atoms. The first-order valence-corrected chi connectivity index (χ1v) is 9.59. The van der Waals surface area contributed by atoms with Crippen LogP contribution in [-0.4, -0.2) is 23.6 Å². The highest BCUT2D eigenvalue weighted by Crippen LogP contribution is 2.37. The third kappa shape index (κ3) is 3.53. The molecule has 1 saturated carbocycles. The molecule has 6 heteroatoms. The Morgan fingerprint density at radius 3 is 2.80 bits per heavy atom. The first-order chi connectivity index (χ1) is 12.1. The second kappa shape index (κ2) is 6.73. The van der Waals surface area contributed by atoms with Crippen LogP contribution >= 0.6 is 23.4 Å². The van der Waals surface area contributed by atoms with Gasteiger partial charge in [0, 0.05) is 21.5 Å². The van der Waals surface area contributed by atoms with Crippen LogP contribution in [0.5, 0.6) is 0 Å². The summed E-state index contributed by atoms with van der Waals surface area (Å²) in [6.07, 6.45) is 2.09. The number of nitrogens with one attached hydrogen (secondary N) is 1. The molecule has 1 N–H and O–H groups in total. The second-order valence-corrected chi connectivity index (χ2v) is 7.71. The molecule has 1 fully saturated rings. The van der Waals surface area contributed by atoms with E-state index >= 15 is 0 Å². The molecule has 4 nitrogen and oxygen atoms in total. The number of amides is 2. The number of nitrogens with zero attached hydrogens (tertiary/aromatic N) is 1. The lowest BCUT2D eigenvalue weighted by Crippen LogP contribution is -2.35. The van der Waals surface area contributed by atoms with Gasteiger partial charge in [-0.1, -0.05) is 29.8 Å². The van der Waals surface area contributed by atoms with E-state index in [1.165, 1.54) is 11.8 Å². The molecule has 2 aliphatic rings. The first-order valence-electron chi connectivity index (χ1n) is 8.23. The number of rotatable bonds is 4. The summed E-state index contributed by atoms with van der Waals surface area (Å²) in [5.74, 6) is 0.341. The van der Waals surface area contributed by atoms with Gasteiger partial charge in [-0.05, 0) is 42.7 Å². The van der Waals surface area contributed by atoms with E-state index < -0.39 is 0 Å². The fourth-order valence-corrected chi connectivity index (χ4v) is 3.92. The third-order valence-electron chi connectivity index (χ3n) is 4.36. The van der Waals surface area contributed by atoms with Crippen molar-refractivity contribution in [3.8, 4) is 0 Å². The smallest absolute Gasteiger partial charge is 0.251 e. The van der Waals surface area contributed by atoms with Crippen molar-refractivity contribution in [1.29, 1.82) is 0 Å². The molecule has 0 aromatic heterocycles. The minimum atomic E-state index is -0.0778. The Morgan fingerprint density at radius 1 is 1.24 bits per heavy atom. The molecule has 0 radical (unpaired) electrons. The van der Waals surface area contributed by atoms with Crippen molar-refractivity contribution in [3.63, 3.8) is 0 Å². The Kier molecular flexibility index (Phi) is 4.44. The summed E-state index contributed by atoms with van der Waals surface area (Å²) in [5, 5.41) is 3.63.